The molecule has 0 spiro atoms. The average molecular weight is 522 g/mol. The number of unbranched alkanes of at least 4 members (excludes halogenated alkanes) is 1. The largest absolute Gasteiger partial charge is 0.393 e. The summed E-state index contributed by atoms with van der Waals surface area (Å²) in [6.45, 7) is 8.16. The molecule has 0 unspecified atom stereocenters. The molecule has 212 valence electrons. The summed E-state index contributed by atoms with van der Waals surface area (Å²) in [7, 11) is 0. The van der Waals surface area contributed by atoms with Crippen LogP contribution in [0.5, 0.6) is 0 Å². The average Bonchev–Trinajstić information content (AvgIpc) is 3.21. The van der Waals surface area contributed by atoms with Crippen LogP contribution in [0.1, 0.15) is 91.4 Å². The second kappa shape index (κ2) is 11.4. The molecule has 4 aliphatic rings. The van der Waals surface area contributed by atoms with Gasteiger partial charge in [-0.3, -0.25) is 4.79 Å². The van der Waals surface area contributed by atoms with Gasteiger partial charge in [0, 0.05) is 19.5 Å². The minimum atomic E-state index is -0.754. The van der Waals surface area contributed by atoms with Gasteiger partial charge in [-0.05, 0) is 111 Å². The number of aliphatic hydroxyl groups is 3. The van der Waals surface area contributed by atoms with Crippen LogP contribution in [0.25, 0.3) is 0 Å². The molecule has 7 N–H and O–H groups in total. The Morgan fingerprint density at radius 2 is 1.54 bits per heavy atom. The topological polar surface area (TPSA) is 145 Å². The number of urea groups is 1. The summed E-state index contributed by atoms with van der Waals surface area (Å²) < 4.78 is 0. The summed E-state index contributed by atoms with van der Waals surface area (Å²) >= 11 is 0. The summed E-state index contributed by atoms with van der Waals surface area (Å²) in [5.74, 6) is 1.93. The molecule has 8 nitrogen and oxygen atoms in total. The van der Waals surface area contributed by atoms with Gasteiger partial charge in [-0.1, -0.05) is 20.8 Å². The Bertz CT molecular complexity index is 825. The number of amides is 3. The van der Waals surface area contributed by atoms with E-state index in [4.69, 9.17) is 5.73 Å². The highest BCUT2D eigenvalue weighted by atomic mass is 16.3. The molecule has 4 fully saturated rings. The molecule has 0 aromatic rings. The lowest BCUT2D eigenvalue weighted by Gasteiger charge is -2.63. The highest BCUT2D eigenvalue weighted by Crippen LogP contribution is 2.68. The third kappa shape index (κ3) is 5.53. The quantitative estimate of drug-likeness (QED) is 0.258. The molecule has 4 rings (SSSR count). The van der Waals surface area contributed by atoms with Crippen molar-refractivity contribution in [3.05, 3.63) is 0 Å². The molecule has 0 heterocycles. The Labute approximate surface area is 222 Å². The minimum absolute atomic E-state index is 0.0123. The molecule has 11 atom stereocenters. The summed E-state index contributed by atoms with van der Waals surface area (Å²) in [5, 5.41) is 38.5. The van der Waals surface area contributed by atoms with Crippen LogP contribution in [-0.4, -0.2) is 58.7 Å². The monoisotopic (exact) mass is 521 g/mol. The number of primary amides is 1. The normalized spacial score (nSPS) is 43.7. The van der Waals surface area contributed by atoms with Gasteiger partial charge in [0.25, 0.3) is 0 Å². The Morgan fingerprint density at radius 3 is 2.24 bits per heavy atom. The lowest BCUT2D eigenvalue weighted by Crippen LogP contribution is -2.64. The molecule has 0 aliphatic heterocycles. The van der Waals surface area contributed by atoms with Crippen molar-refractivity contribution in [3.63, 3.8) is 0 Å². The van der Waals surface area contributed by atoms with E-state index in [2.05, 4.69) is 31.4 Å². The van der Waals surface area contributed by atoms with Crippen LogP contribution in [0.3, 0.4) is 0 Å². The lowest BCUT2D eigenvalue weighted by molar-refractivity contribution is -0.223. The molecule has 4 saturated carbocycles. The van der Waals surface area contributed by atoms with E-state index in [0.29, 0.717) is 49.6 Å². The third-order valence-electron chi connectivity index (χ3n) is 11.5. The number of nitrogens with two attached hydrogens (primary N) is 1. The maximum absolute atomic E-state index is 12.4. The first-order chi connectivity index (χ1) is 17.5. The fourth-order valence-corrected chi connectivity index (χ4v) is 9.55. The van der Waals surface area contributed by atoms with E-state index in [0.717, 1.165) is 57.8 Å². The van der Waals surface area contributed by atoms with Crippen molar-refractivity contribution in [3.8, 4) is 0 Å². The molecular weight excluding hydrogens is 470 g/mol. The van der Waals surface area contributed by atoms with Crippen LogP contribution in [0.2, 0.25) is 0 Å². The smallest absolute Gasteiger partial charge is 0.312 e. The predicted molar refractivity (Wildman–Crippen MR) is 142 cm³/mol. The van der Waals surface area contributed by atoms with Gasteiger partial charge in [-0.15, -0.1) is 0 Å². The lowest BCUT2D eigenvalue weighted by atomic mass is 9.43. The van der Waals surface area contributed by atoms with E-state index in [1.807, 2.05) is 0 Å². The van der Waals surface area contributed by atoms with Crippen molar-refractivity contribution in [2.24, 2.45) is 52.1 Å². The maximum Gasteiger partial charge on any atom is 0.312 e. The van der Waals surface area contributed by atoms with Gasteiger partial charge in [-0.2, -0.15) is 0 Å². The molecule has 8 heteroatoms. The van der Waals surface area contributed by atoms with Gasteiger partial charge in [0.2, 0.25) is 5.91 Å². The predicted octanol–water partition coefficient (Wildman–Crippen LogP) is 2.93. The van der Waals surface area contributed by atoms with Crippen LogP contribution < -0.4 is 16.4 Å². The van der Waals surface area contributed by atoms with Crippen LogP contribution in [0.15, 0.2) is 0 Å². The van der Waals surface area contributed by atoms with E-state index in [-0.39, 0.29) is 34.7 Å². The van der Waals surface area contributed by atoms with Crippen molar-refractivity contribution < 1.29 is 24.9 Å². The van der Waals surface area contributed by atoms with Gasteiger partial charge in [0.1, 0.15) is 0 Å². The second-order valence-corrected chi connectivity index (χ2v) is 13.4. The van der Waals surface area contributed by atoms with Crippen LogP contribution in [0, 0.1) is 46.3 Å². The zero-order chi connectivity index (χ0) is 27.0. The number of fused-ring (bicyclic) bond motifs is 5. The summed E-state index contributed by atoms with van der Waals surface area (Å²) in [6, 6.07) is -0.518. The molecule has 0 aromatic carbocycles. The zero-order valence-corrected chi connectivity index (χ0v) is 23.1. The van der Waals surface area contributed by atoms with E-state index < -0.39 is 18.2 Å². The van der Waals surface area contributed by atoms with Gasteiger partial charge < -0.3 is 31.7 Å². The number of hydrogen-bond donors (Lipinski definition) is 6. The molecule has 0 radical (unpaired) electrons. The summed E-state index contributed by atoms with van der Waals surface area (Å²) in [6.07, 6.45) is 7.92. The van der Waals surface area contributed by atoms with E-state index in [9.17, 15) is 24.9 Å². The van der Waals surface area contributed by atoms with Gasteiger partial charge in [0.15, 0.2) is 0 Å². The fraction of sp³-hybridized carbons (Fsp3) is 0.931. The highest BCUT2D eigenvalue weighted by Gasteiger charge is 2.65. The Hall–Kier alpha value is -1.38. The van der Waals surface area contributed by atoms with Crippen molar-refractivity contribution in [1.82, 2.24) is 10.6 Å². The maximum atomic E-state index is 12.4. The SMILES string of the molecule is C[C@@H](CCC(=O)NCCCCNC(N)=O)[C@@H]1CC[C@@H]2[C@H]3[C@@H](O)[C@H](O)[C@H]4C[C@@H](O)CC[C@@]4(C)[C@@H]3CC[C@]21C. The molecule has 3 amide bonds. The van der Waals surface area contributed by atoms with Crippen LogP contribution >= 0.6 is 0 Å². The number of rotatable bonds is 9. The fourth-order valence-electron chi connectivity index (χ4n) is 9.55. The van der Waals surface area contributed by atoms with E-state index in [1.54, 1.807) is 0 Å². The Balaban J connectivity index is 1.33. The molecule has 0 bridgehead atoms. The van der Waals surface area contributed by atoms with Crippen LogP contribution in [-0.2, 0) is 4.79 Å². The van der Waals surface area contributed by atoms with Gasteiger partial charge in [0.05, 0.1) is 18.3 Å². The zero-order valence-electron chi connectivity index (χ0n) is 23.1. The summed E-state index contributed by atoms with van der Waals surface area (Å²) in [5.41, 5.74) is 5.17. The van der Waals surface area contributed by atoms with Gasteiger partial charge >= 0.3 is 6.03 Å². The highest BCUT2D eigenvalue weighted by molar-refractivity contribution is 5.75. The number of nitrogens with one attached hydrogen (secondary N) is 2. The van der Waals surface area contributed by atoms with Crippen molar-refractivity contribution in [2.45, 2.75) is 110 Å². The first-order valence-electron chi connectivity index (χ1n) is 14.8. The molecule has 4 aliphatic carbocycles. The van der Waals surface area contributed by atoms with E-state index >= 15 is 0 Å². The summed E-state index contributed by atoms with van der Waals surface area (Å²) in [4.78, 5) is 23.1. The number of hydrogen-bond acceptors (Lipinski definition) is 5. The third-order valence-corrected chi connectivity index (χ3v) is 11.5. The van der Waals surface area contributed by atoms with Crippen molar-refractivity contribution in [1.29, 1.82) is 0 Å². The molecular formula is C29H51N3O5. The van der Waals surface area contributed by atoms with E-state index in [1.165, 1.54) is 0 Å². The molecule has 37 heavy (non-hydrogen) atoms. The standard InChI is InChI=1S/C29H51N3O5/c1-17(6-9-23(34)31-14-4-5-15-32-27(30)37)19-7-8-20-24-21(11-13-28(19,20)2)29(3)12-10-18(33)16-22(29)25(35)26(24)36/h17-22,24-26,33,35-36H,4-16H2,1-3H3,(H,31,34)(H3,30,32,37)/t17-,18-,19-,20+,21+,22+,24+,25+,26+,28-,29-/m0/s1. The van der Waals surface area contributed by atoms with Crippen molar-refractivity contribution in [2.75, 3.05) is 13.1 Å². The van der Waals surface area contributed by atoms with Crippen molar-refractivity contribution >= 4 is 11.9 Å². The number of carbonyl (C=O) groups excluding carboxylic acids is 2. The molecule has 0 saturated heterocycles. The first-order valence-corrected chi connectivity index (χ1v) is 14.8. The van der Waals surface area contributed by atoms with Gasteiger partial charge in [-0.25, -0.2) is 4.79 Å². The number of aliphatic hydroxyl groups excluding tert-OH is 3. The molecule has 0 aromatic heterocycles. The minimum Gasteiger partial charge on any atom is -0.393 e. The number of carbonyl (C=O) groups is 2. The Morgan fingerprint density at radius 1 is 0.892 bits per heavy atom. The second-order valence-electron chi connectivity index (χ2n) is 13.4. The van der Waals surface area contributed by atoms with Crippen LogP contribution in [0.4, 0.5) is 4.79 Å². The Kier molecular flexibility index (Phi) is 8.81. The first kappa shape index (κ1) is 28.6.